The molecule has 4 rings (SSSR count). The molecule has 0 saturated heterocycles. The Morgan fingerprint density at radius 3 is 2.89 bits per heavy atom. The van der Waals surface area contributed by atoms with E-state index in [4.69, 9.17) is 4.42 Å². The largest absolute Gasteiger partial charge is 0.417 e. The Morgan fingerprint density at radius 1 is 1.29 bits per heavy atom. The van der Waals surface area contributed by atoms with Crippen molar-refractivity contribution in [2.24, 2.45) is 0 Å². The first-order valence-electron chi connectivity index (χ1n) is 8.84. The third-order valence-corrected chi connectivity index (χ3v) is 6.11. The van der Waals surface area contributed by atoms with Crippen LogP contribution in [0.15, 0.2) is 31.0 Å². The Balaban J connectivity index is 1.43. The van der Waals surface area contributed by atoms with Crippen molar-refractivity contribution in [3.8, 4) is 0 Å². The van der Waals surface area contributed by atoms with E-state index in [1.54, 1.807) is 4.57 Å². The zero-order valence-electron chi connectivity index (χ0n) is 14.8. The lowest BCUT2D eigenvalue weighted by molar-refractivity contribution is 0.508. The molecule has 1 aromatic carbocycles. The summed E-state index contributed by atoms with van der Waals surface area (Å²) < 4.78 is 48.9. The third-order valence-electron chi connectivity index (χ3n) is 4.63. The second kappa shape index (κ2) is 7.02. The van der Waals surface area contributed by atoms with E-state index < -0.39 is 26.5 Å². The summed E-state index contributed by atoms with van der Waals surface area (Å²) >= 11 is 0. The number of halogens is 1. The van der Waals surface area contributed by atoms with Gasteiger partial charge in [-0.1, -0.05) is 0 Å². The second-order valence-electron chi connectivity index (χ2n) is 6.58. The minimum absolute atomic E-state index is 0.00840. The number of nitrogens with one attached hydrogen (secondary N) is 2. The van der Waals surface area contributed by atoms with Crippen molar-refractivity contribution in [1.82, 2.24) is 24.1 Å². The summed E-state index contributed by atoms with van der Waals surface area (Å²) in [5.74, 6) is -1.06. The molecular formula is C16H18FN5O5S. The van der Waals surface area contributed by atoms with Crippen LogP contribution < -0.4 is 16.2 Å². The molecule has 0 aliphatic carbocycles. The number of aromatic amines is 1. The van der Waals surface area contributed by atoms with Crippen LogP contribution in [0, 0.1) is 5.82 Å². The van der Waals surface area contributed by atoms with Crippen molar-refractivity contribution < 1.29 is 17.2 Å². The topological polar surface area (TPSA) is 132 Å². The van der Waals surface area contributed by atoms with Gasteiger partial charge >= 0.3 is 11.4 Å². The first-order valence-corrected chi connectivity index (χ1v) is 10.3. The summed E-state index contributed by atoms with van der Waals surface area (Å²) in [7, 11) is -4.15. The highest BCUT2D eigenvalue weighted by molar-refractivity contribution is 7.89. The number of aryl methyl sites for hydroxylation is 2. The molecule has 2 aromatic heterocycles. The molecule has 150 valence electrons. The number of hydrogen-bond donors (Lipinski definition) is 2. The van der Waals surface area contributed by atoms with Crippen molar-refractivity contribution in [1.29, 1.82) is 0 Å². The number of rotatable bonds is 6. The average molecular weight is 411 g/mol. The number of H-pyrrole nitrogens is 1. The van der Waals surface area contributed by atoms with Gasteiger partial charge in [0.2, 0.25) is 10.0 Å². The Morgan fingerprint density at radius 2 is 2.11 bits per heavy atom. The Kier molecular flexibility index (Phi) is 4.67. The molecule has 0 fully saturated rings. The lowest BCUT2D eigenvalue weighted by atomic mass is 10.2. The van der Waals surface area contributed by atoms with E-state index >= 15 is 0 Å². The first kappa shape index (κ1) is 18.6. The van der Waals surface area contributed by atoms with Gasteiger partial charge in [-0.15, -0.1) is 0 Å². The highest BCUT2D eigenvalue weighted by atomic mass is 32.2. The number of fused-ring (bicyclic) bond motifs is 2. The molecule has 1 aliphatic heterocycles. The number of oxazole rings is 1. The van der Waals surface area contributed by atoms with Crippen LogP contribution in [0.5, 0.6) is 0 Å². The molecule has 1 aliphatic rings. The quantitative estimate of drug-likeness (QED) is 0.562. The maximum absolute atomic E-state index is 14.1. The number of benzene rings is 1. The van der Waals surface area contributed by atoms with Crippen LogP contribution in [-0.2, 0) is 29.5 Å². The van der Waals surface area contributed by atoms with Crippen LogP contribution in [0.1, 0.15) is 25.1 Å². The minimum Gasteiger partial charge on any atom is -0.408 e. The van der Waals surface area contributed by atoms with E-state index in [0.717, 1.165) is 37.2 Å². The molecule has 0 spiro atoms. The molecule has 2 N–H and O–H groups in total. The monoisotopic (exact) mass is 411 g/mol. The van der Waals surface area contributed by atoms with Gasteiger partial charge in [-0.3, -0.25) is 9.55 Å². The zero-order chi connectivity index (χ0) is 19.9. The number of hydrogen-bond acceptors (Lipinski definition) is 6. The van der Waals surface area contributed by atoms with Gasteiger partial charge in [0.15, 0.2) is 5.58 Å². The summed E-state index contributed by atoms with van der Waals surface area (Å²) in [5, 5.41) is 4.28. The molecule has 0 atom stereocenters. The van der Waals surface area contributed by atoms with Gasteiger partial charge in [-0.25, -0.2) is 31.8 Å². The van der Waals surface area contributed by atoms with E-state index in [9.17, 15) is 22.4 Å². The zero-order valence-corrected chi connectivity index (χ0v) is 15.6. The van der Waals surface area contributed by atoms with Gasteiger partial charge in [0.05, 0.1) is 5.52 Å². The predicted molar refractivity (Wildman–Crippen MR) is 96.0 cm³/mol. The van der Waals surface area contributed by atoms with Crippen LogP contribution in [0.2, 0.25) is 0 Å². The smallest absolute Gasteiger partial charge is 0.408 e. The second-order valence-corrected chi connectivity index (χ2v) is 8.31. The molecule has 10 nitrogen and oxygen atoms in total. The van der Waals surface area contributed by atoms with Gasteiger partial charge in [0, 0.05) is 38.2 Å². The molecule has 0 saturated carbocycles. The van der Waals surface area contributed by atoms with Gasteiger partial charge in [-0.2, -0.15) is 5.10 Å². The SMILES string of the molecule is O=c1[nH]c2cc(F)c(S(=O)(=O)NCCCn3nc4n(c3=O)CCCC4)cc2o1. The Labute approximate surface area is 158 Å². The van der Waals surface area contributed by atoms with Crippen molar-refractivity contribution in [3.63, 3.8) is 0 Å². The average Bonchev–Trinajstić information content (AvgIpc) is 3.17. The summed E-state index contributed by atoms with van der Waals surface area (Å²) in [5.41, 5.74) is -0.178. The van der Waals surface area contributed by atoms with Crippen molar-refractivity contribution in [2.45, 2.75) is 43.7 Å². The van der Waals surface area contributed by atoms with Crippen molar-refractivity contribution >= 4 is 21.1 Å². The molecular weight excluding hydrogens is 393 g/mol. The summed E-state index contributed by atoms with van der Waals surface area (Å²) in [6.45, 7) is 0.888. The summed E-state index contributed by atoms with van der Waals surface area (Å²) in [6, 6.07) is 1.85. The molecule has 3 heterocycles. The fourth-order valence-electron chi connectivity index (χ4n) is 3.27. The first-order chi connectivity index (χ1) is 13.3. The van der Waals surface area contributed by atoms with Gasteiger partial charge < -0.3 is 4.42 Å². The van der Waals surface area contributed by atoms with Crippen LogP contribution in [0.4, 0.5) is 4.39 Å². The maximum Gasteiger partial charge on any atom is 0.417 e. The van der Waals surface area contributed by atoms with Crippen LogP contribution in [-0.4, -0.2) is 34.3 Å². The highest BCUT2D eigenvalue weighted by Gasteiger charge is 2.21. The molecule has 0 bridgehead atoms. The highest BCUT2D eigenvalue weighted by Crippen LogP contribution is 2.20. The number of sulfonamides is 1. The van der Waals surface area contributed by atoms with Crippen LogP contribution >= 0.6 is 0 Å². The van der Waals surface area contributed by atoms with Crippen LogP contribution in [0.3, 0.4) is 0 Å². The number of aromatic nitrogens is 4. The van der Waals surface area contributed by atoms with Crippen LogP contribution in [0.25, 0.3) is 11.1 Å². The summed E-state index contributed by atoms with van der Waals surface area (Å²) in [6.07, 6.45) is 2.99. The minimum atomic E-state index is -4.15. The molecule has 0 radical (unpaired) electrons. The molecule has 28 heavy (non-hydrogen) atoms. The lowest BCUT2D eigenvalue weighted by Gasteiger charge is -2.09. The van der Waals surface area contributed by atoms with E-state index in [2.05, 4.69) is 14.8 Å². The normalized spacial score (nSPS) is 14.5. The summed E-state index contributed by atoms with van der Waals surface area (Å²) in [4.78, 5) is 25.0. The van der Waals surface area contributed by atoms with Crippen molar-refractivity contribution in [3.05, 3.63) is 44.8 Å². The van der Waals surface area contributed by atoms with Gasteiger partial charge in [0.1, 0.15) is 16.5 Å². The fraction of sp³-hybridized carbons (Fsp3) is 0.438. The number of nitrogens with zero attached hydrogens (tertiary/aromatic N) is 3. The standard InChI is InChI=1S/C16H18FN5O5S/c17-10-8-11-12(27-15(23)19-11)9-13(10)28(25,26)18-5-3-7-22-16(24)21-6-2-1-4-14(21)20-22/h8-9,18H,1-7H2,(H,19,23). The van der Waals surface area contributed by atoms with Gasteiger partial charge in [-0.05, 0) is 19.3 Å². The maximum atomic E-state index is 14.1. The lowest BCUT2D eigenvalue weighted by Crippen LogP contribution is -2.29. The van der Waals surface area contributed by atoms with Crippen molar-refractivity contribution in [2.75, 3.05) is 6.54 Å². The van der Waals surface area contributed by atoms with E-state index in [1.165, 1.54) is 4.68 Å². The third kappa shape index (κ3) is 3.40. The Bertz CT molecular complexity index is 1250. The van der Waals surface area contributed by atoms with E-state index in [-0.39, 0.29) is 29.9 Å². The molecule has 3 aromatic rings. The molecule has 0 unspecified atom stereocenters. The molecule has 0 amide bonds. The van der Waals surface area contributed by atoms with E-state index in [1.807, 2.05) is 0 Å². The predicted octanol–water partition coefficient (Wildman–Crippen LogP) is 0.323. The fourth-order valence-corrected chi connectivity index (χ4v) is 4.41. The van der Waals surface area contributed by atoms with Gasteiger partial charge in [0.25, 0.3) is 0 Å². The molecule has 12 heteroatoms. The van der Waals surface area contributed by atoms with E-state index in [0.29, 0.717) is 13.0 Å². The Hall–Kier alpha value is -2.73.